The summed E-state index contributed by atoms with van der Waals surface area (Å²) >= 11 is 0. The van der Waals surface area contributed by atoms with E-state index in [1.54, 1.807) is 67.8 Å². The van der Waals surface area contributed by atoms with Gasteiger partial charge in [0.05, 0.1) is 24.8 Å². The average molecular weight is 575 g/mol. The van der Waals surface area contributed by atoms with Crippen molar-refractivity contribution in [1.82, 2.24) is 15.0 Å². The van der Waals surface area contributed by atoms with E-state index < -0.39 is 21.8 Å². The third-order valence-electron chi connectivity index (χ3n) is 6.05. The molecule has 0 unspecified atom stereocenters. The highest BCUT2D eigenvalue weighted by Gasteiger charge is 2.26. The first-order valence-electron chi connectivity index (χ1n) is 12.7. The lowest BCUT2D eigenvalue weighted by Crippen LogP contribution is -2.37. The minimum absolute atomic E-state index is 0.0287. The van der Waals surface area contributed by atoms with Gasteiger partial charge in [-0.25, -0.2) is 13.8 Å². The number of hydrogen-bond acceptors (Lipinski definition) is 7. The van der Waals surface area contributed by atoms with Crippen LogP contribution < -0.4 is 15.5 Å². The van der Waals surface area contributed by atoms with E-state index in [4.69, 9.17) is 9.15 Å². The number of nitrogens with one attached hydrogen (secondary N) is 2. The normalized spacial score (nSPS) is 11.5. The Hall–Kier alpha value is -4.74. The lowest BCUT2D eigenvalue weighted by molar-refractivity contribution is -0.139. The summed E-state index contributed by atoms with van der Waals surface area (Å²) in [5.74, 6) is -0.464. The van der Waals surface area contributed by atoms with Crippen molar-refractivity contribution in [3.8, 4) is 5.75 Å². The summed E-state index contributed by atoms with van der Waals surface area (Å²) < 4.78 is 39.2. The van der Waals surface area contributed by atoms with E-state index in [0.29, 0.717) is 11.5 Å². The number of furan rings is 1. The van der Waals surface area contributed by atoms with E-state index in [0.717, 1.165) is 16.7 Å². The zero-order valence-corrected chi connectivity index (χ0v) is 23.4. The van der Waals surface area contributed by atoms with Crippen molar-refractivity contribution < 1.29 is 27.2 Å². The summed E-state index contributed by atoms with van der Waals surface area (Å²) in [4.78, 5) is 24.3. The Kier molecular flexibility index (Phi) is 9.67. The maximum absolute atomic E-state index is 13.5. The van der Waals surface area contributed by atoms with Gasteiger partial charge in [0.1, 0.15) is 17.3 Å². The van der Waals surface area contributed by atoms with E-state index >= 15 is 0 Å². The first kappa shape index (κ1) is 29.2. The number of nitrogens with zero attached hydrogens (tertiary/aromatic N) is 2. The highest BCUT2D eigenvalue weighted by molar-refractivity contribution is 7.89. The monoisotopic (exact) mass is 574 g/mol. The molecule has 0 saturated heterocycles. The number of aryl methyl sites for hydroxylation is 1. The number of benzene rings is 3. The molecule has 1 heterocycles. The number of methoxy groups -OCH3 is 1. The van der Waals surface area contributed by atoms with Crippen molar-refractivity contribution in [2.24, 2.45) is 5.10 Å². The fourth-order valence-corrected chi connectivity index (χ4v) is 5.20. The maximum atomic E-state index is 13.5. The molecule has 2 N–H and O–H groups in total. The van der Waals surface area contributed by atoms with Crippen LogP contribution in [0.1, 0.15) is 28.2 Å². The first-order chi connectivity index (χ1) is 19.7. The molecular weight excluding hydrogens is 544 g/mol. The predicted octanol–water partition coefficient (Wildman–Crippen LogP) is 3.75. The number of ether oxygens (including phenoxy) is 1. The van der Waals surface area contributed by atoms with Gasteiger partial charge in [-0.15, -0.1) is 0 Å². The van der Waals surface area contributed by atoms with Gasteiger partial charge in [0.15, 0.2) is 0 Å². The molecule has 0 aliphatic carbocycles. The summed E-state index contributed by atoms with van der Waals surface area (Å²) in [5, 5.41) is 6.29. The number of sulfonamides is 1. The van der Waals surface area contributed by atoms with Gasteiger partial charge in [-0.05, 0) is 54.4 Å². The summed E-state index contributed by atoms with van der Waals surface area (Å²) in [7, 11) is -2.28. The van der Waals surface area contributed by atoms with E-state index in [9.17, 15) is 18.0 Å². The number of carbonyl (C=O) groups is 2. The Morgan fingerprint density at radius 1 is 0.878 bits per heavy atom. The molecule has 212 valence electrons. The van der Waals surface area contributed by atoms with Gasteiger partial charge < -0.3 is 14.5 Å². The summed E-state index contributed by atoms with van der Waals surface area (Å²) in [6.45, 7) is 2.16. The standard InChI is InChI=1S/C30H30N4O6S/c1-22-8-16-28(17-9-22)41(37,38)34(20-24-6-4-3-5-7-24)21-27-15-14-26(40-27)19-32-33-30(36)29(35)31-18-23-10-12-25(39-2)13-11-23/h3-17,19H,18,20-21H2,1-2H3,(H,31,35)(H,33,36)/b32-19+. The van der Waals surface area contributed by atoms with Crippen LogP contribution in [0.2, 0.25) is 0 Å². The second-order valence-corrected chi connectivity index (χ2v) is 11.0. The SMILES string of the molecule is COc1ccc(CNC(=O)C(=O)N/N=C/c2ccc(CN(Cc3ccccc3)S(=O)(=O)c3ccc(C)cc3)o2)cc1. The summed E-state index contributed by atoms with van der Waals surface area (Å²) in [6, 6.07) is 26.2. The van der Waals surface area contributed by atoms with Gasteiger partial charge in [0.2, 0.25) is 10.0 Å². The van der Waals surface area contributed by atoms with E-state index in [1.165, 1.54) is 10.5 Å². The molecular formula is C30H30N4O6S. The number of rotatable bonds is 11. The van der Waals surface area contributed by atoms with Crippen LogP contribution in [-0.2, 0) is 39.2 Å². The molecule has 10 nitrogen and oxygen atoms in total. The smallest absolute Gasteiger partial charge is 0.329 e. The van der Waals surface area contributed by atoms with E-state index in [1.807, 2.05) is 37.3 Å². The zero-order valence-electron chi connectivity index (χ0n) is 22.6. The van der Waals surface area contributed by atoms with Gasteiger partial charge in [-0.3, -0.25) is 9.59 Å². The molecule has 0 fully saturated rings. The third-order valence-corrected chi connectivity index (χ3v) is 7.86. The minimum Gasteiger partial charge on any atom is -0.497 e. The molecule has 41 heavy (non-hydrogen) atoms. The summed E-state index contributed by atoms with van der Waals surface area (Å²) in [5.41, 5.74) is 4.72. The third kappa shape index (κ3) is 8.13. The molecule has 0 atom stereocenters. The van der Waals surface area contributed by atoms with Gasteiger partial charge in [-0.1, -0.05) is 60.2 Å². The van der Waals surface area contributed by atoms with Crippen molar-refractivity contribution >= 4 is 28.1 Å². The highest BCUT2D eigenvalue weighted by Crippen LogP contribution is 2.22. The van der Waals surface area contributed by atoms with Crippen LogP contribution in [0.4, 0.5) is 0 Å². The second-order valence-electron chi connectivity index (χ2n) is 9.11. The van der Waals surface area contributed by atoms with Crippen molar-refractivity contribution in [3.63, 3.8) is 0 Å². The molecule has 0 saturated carbocycles. The van der Waals surface area contributed by atoms with Crippen LogP contribution in [0.15, 0.2) is 105 Å². The Morgan fingerprint density at radius 2 is 1.59 bits per heavy atom. The van der Waals surface area contributed by atoms with Gasteiger partial charge in [0, 0.05) is 13.1 Å². The lowest BCUT2D eigenvalue weighted by Gasteiger charge is -2.21. The summed E-state index contributed by atoms with van der Waals surface area (Å²) in [6.07, 6.45) is 1.23. The molecule has 2 amide bonds. The van der Waals surface area contributed by atoms with Crippen LogP contribution in [-0.4, -0.2) is 37.9 Å². The second kappa shape index (κ2) is 13.6. The number of hydrogen-bond donors (Lipinski definition) is 2. The van der Waals surface area contributed by atoms with Crippen LogP contribution in [0.25, 0.3) is 0 Å². The van der Waals surface area contributed by atoms with Crippen LogP contribution in [0.5, 0.6) is 5.75 Å². The topological polar surface area (TPSA) is 130 Å². The fraction of sp³-hybridized carbons (Fsp3) is 0.167. The molecule has 0 radical (unpaired) electrons. The predicted molar refractivity (Wildman–Crippen MR) is 153 cm³/mol. The largest absolute Gasteiger partial charge is 0.497 e. The van der Waals surface area contributed by atoms with Gasteiger partial charge >= 0.3 is 11.8 Å². The van der Waals surface area contributed by atoms with Crippen molar-refractivity contribution in [3.05, 3.63) is 119 Å². The molecule has 3 aromatic carbocycles. The molecule has 0 bridgehead atoms. The first-order valence-corrected chi connectivity index (χ1v) is 14.1. The molecule has 4 rings (SSSR count). The fourth-order valence-electron chi connectivity index (χ4n) is 3.81. The average Bonchev–Trinajstić information content (AvgIpc) is 3.43. The van der Waals surface area contributed by atoms with Gasteiger partial charge in [0.25, 0.3) is 0 Å². The number of hydrazone groups is 1. The number of amides is 2. The van der Waals surface area contributed by atoms with Crippen LogP contribution in [0, 0.1) is 6.92 Å². The quantitative estimate of drug-likeness (QED) is 0.159. The van der Waals surface area contributed by atoms with Crippen LogP contribution in [0.3, 0.4) is 0 Å². The molecule has 1 aromatic heterocycles. The maximum Gasteiger partial charge on any atom is 0.329 e. The Morgan fingerprint density at radius 3 is 2.27 bits per heavy atom. The Bertz CT molecular complexity index is 1600. The molecule has 0 spiro atoms. The van der Waals surface area contributed by atoms with E-state index in [-0.39, 0.29) is 30.3 Å². The highest BCUT2D eigenvalue weighted by atomic mass is 32.2. The van der Waals surface area contributed by atoms with Crippen molar-refractivity contribution in [1.29, 1.82) is 0 Å². The van der Waals surface area contributed by atoms with Crippen molar-refractivity contribution in [2.75, 3.05) is 7.11 Å². The van der Waals surface area contributed by atoms with Crippen molar-refractivity contribution in [2.45, 2.75) is 31.5 Å². The lowest BCUT2D eigenvalue weighted by atomic mass is 10.2. The zero-order chi connectivity index (χ0) is 29.2. The van der Waals surface area contributed by atoms with E-state index in [2.05, 4.69) is 15.8 Å². The van der Waals surface area contributed by atoms with Gasteiger partial charge in [-0.2, -0.15) is 9.41 Å². The molecule has 0 aliphatic rings. The molecule has 11 heteroatoms. The Labute approximate surface area is 238 Å². The number of carbonyl (C=O) groups excluding carboxylic acids is 2. The van der Waals surface area contributed by atoms with Crippen LogP contribution >= 0.6 is 0 Å². The Balaban J connectivity index is 1.37. The molecule has 4 aromatic rings. The molecule has 0 aliphatic heterocycles. The minimum atomic E-state index is -3.84.